The van der Waals surface area contributed by atoms with Gasteiger partial charge in [-0.3, -0.25) is 14.6 Å². The van der Waals surface area contributed by atoms with E-state index in [1.54, 1.807) is 25.3 Å². The normalized spacial score (nSPS) is 23.3. The molecule has 0 bridgehead atoms. The van der Waals surface area contributed by atoms with E-state index in [0.717, 1.165) is 19.4 Å². The molecule has 0 aliphatic carbocycles. The summed E-state index contributed by atoms with van der Waals surface area (Å²) in [6.07, 6.45) is 2.23. The first-order valence-electron chi connectivity index (χ1n) is 8.74. The number of nitrogens with zero attached hydrogens (tertiary/aromatic N) is 1. The lowest BCUT2D eigenvalue weighted by Crippen LogP contribution is -2.28. The zero-order valence-electron chi connectivity index (χ0n) is 15.3. The number of anilines is 1. The van der Waals surface area contributed by atoms with Gasteiger partial charge in [0, 0.05) is 24.8 Å². The standard InChI is InChI=1S/C18H23N3O5S/c1-24-13-6-5-11(8-14(13)25-2)20-16(22)9-15-17(23)21-18(27-15)19-10-12-4-3-7-26-12/h5-6,8,12,15H,3-4,7,9-10H2,1-2H3,(H,20,22)(H,19,21,23)/t12-,15+/m0/s1. The molecule has 1 aromatic rings. The van der Waals surface area contributed by atoms with Crippen LogP contribution in [0.5, 0.6) is 11.5 Å². The Balaban J connectivity index is 1.53. The largest absolute Gasteiger partial charge is 0.493 e. The number of methoxy groups -OCH3 is 2. The first kappa shape index (κ1) is 19.5. The van der Waals surface area contributed by atoms with Crippen molar-refractivity contribution >= 4 is 34.4 Å². The molecule has 2 fully saturated rings. The van der Waals surface area contributed by atoms with Gasteiger partial charge in [0.1, 0.15) is 5.25 Å². The molecule has 0 radical (unpaired) electrons. The first-order chi connectivity index (χ1) is 13.1. The quantitative estimate of drug-likeness (QED) is 0.733. The number of aliphatic imine (C=N–C) groups is 1. The van der Waals surface area contributed by atoms with Crippen molar-refractivity contribution in [2.45, 2.75) is 30.6 Å². The van der Waals surface area contributed by atoms with Gasteiger partial charge in [-0.2, -0.15) is 0 Å². The molecule has 0 saturated carbocycles. The molecule has 27 heavy (non-hydrogen) atoms. The highest BCUT2D eigenvalue weighted by Crippen LogP contribution is 2.30. The molecule has 9 heteroatoms. The molecule has 2 aliphatic heterocycles. The van der Waals surface area contributed by atoms with Crippen LogP contribution in [-0.4, -0.2) is 55.7 Å². The van der Waals surface area contributed by atoms with Crippen LogP contribution in [0.2, 0.25) is 0 Å². The van der Waals surface area contributed by atoms with Crippen molar-refractivity contribution in [2.24, 2.45) is 4.99 Å². The summed E-state index contributed by atoms with van der Waals surface area (Å²) in [6, 6.07) is 5.10. The lowest BCUT2D eigenvalue weighted by molar-refractivity contribution is -0.122. The number of nitrogens with one attached hydrogen (secondary N) is 2. The smallest absolute Gasteiger partial charge is 0.240 e. The van der Waals surface area contributed by atoms with Gasteiger partial charge in [-0.15, -0.1) is 0 Å². The molecule has 0 unspecified atom stereocenters. The Morgan fingerprint density at radius 3 is 2.89 bits per heavy atom. The number of amidine groups is 1. The third kappa shape index (κ3) is 5.14. The van der Waals surface area contributed by atoms with Crippen molar-refractivity contribution in [1.29, 1.82) is 0 Å². The predicted octanol–water partition coefficient (Wildman–Crippen LogP) is 1.80. The molecule has 1 aromatic carbocycles. The van der Waals surface area contributed by atoms with E-state index in [-0.39, 0.29) is 24.3 Å². The molecule has 2 heterocycles. The summed E-state index contributed by atoms with van der Waals surface area (Å²) in [5.41, 5.74) is 0.577. The first-order valence-corrected chi connectivity index (χ1v) is 9.62. The maximum Gasteiger partial charge on any atom is 0.240 e. The number of ether oxygens (including phenoxy) is 3. The highest BCUT2D eigenvalue weighted by molar-refractivity contribution is 8.15. The van der Waals surface area contributed by atoms with E-state index >= 15 is 0 Å². The van der Waals surface area contributed by atoms with E-state index < -0.39 is 5.25 Å². The van der Waals surface area contributed by atoms with E-state index in [2.05, 4.69) is 15.6 Å². The summed E-state index contributed by atoms with van der Waals surface area (Å²) in [4.78, 5) is 28.8. The van der Waals surface area contributed by atoms with Crippen LogP contribution in [0.4, 0.5) is 5.69 Å². The Morgan fingerprint density at radius 2 is 2.19 bits per heavy atom. The highest BCUT2D eigenvalue weighted by Gasteiger charge is 2.32. The molecule has 2 N–H and O–H groups in total. The molecular weight excluding hydrogens is 370 g/mol. The second kappa shape index (κ2) is 9.09. The third-order valence-corrected chi connectivity index (χ3v) is 5.40. The minimum Gasteiger partial charge on any atom is -0.493 e. The van der Waals surface area contributed by atoms with Gasteiger partial charge in [-0.1, -0.05) is 11.8 Å². The number of carbonyl (C=O) groups excluding carboxylic acids is 2. The van der Waals surface area contributed by atoms with Gasteiger partial charge < -0.3 is 24.8 Å². The van der Waals surface area contributed by atoms with Crippen molar-refractivity contribution in [1.82, 2.24) is 5.32 Å². The molecule has 146 valence electrons. The average Bonchev–Trinajstić information content (AvgIpc) is 3.30. The van der Waals surface area contributed by atoms with Crippen molar-refractivity contribution in [2.75, 3.05) is 32.7 Å². The summed E-state index contributed by atoms with van der Waals surface area (Å²) in [5, 5.41) is 5.57. The van der Waals surface area contributed by atoms with Gasteiger partial charge in [0.2, 0.25) is 11.8 Å². The second-order valence-electron chi connectivity index (χ2n) is 6.20. The Hall–Kier alpha value is -2.26. The molecular formula is C18H23N3O5S. The van der Waals surface area contributed by atoms with Crippen LogP contribution in [0.3, 0.4) is 0 Å². The lowest BCUT2D eigenvalue weighted by Gasteiger charge is -2.11. The molecule has 2 saturated heterocycles. The summed E-state index contributed by atoms with van der Waals surface area (Å²) in [6.45, 7) is 1.31. The summed E-state index contributed by atoms with van der Waals surface area (Å²) >= 11 is 1.28. The van der Waals surface area contributed by atoms with Crippen molar-refractivity contribution in [3.8, 4) is 11.5 Å². The van der Waals surface area contributed by atoms with E-state index in [1.165, 1.54) is 18.9 Å². The monoisotopic (exact) mass is 393 g/mol. The van der Waals surface area contributed by atoms with E-state index in [1.807, 2.05) is 0 Å². The fraction of sp³-hybridized carbons (Fsp3) is 0.500. The fourth-order valence-corrected chi connectivity index (χ4v) is 3.86. The average molecular weight is 393 g/mol. The van der Waals surface area contributed by atoms with Crippen LogP contribution in [0.15, 0.2) is 23.2 Å². The van der Waals surface area contributed by atoms with Crippen LogP contribution in [-0.2, 0) is 14.3 Å². The molecule has 2 amide bonds. The molecule has 0 aromatic heterocycles. The second-order valence-corrected chi connectivity index (χ2v) is 7.39. The SMILES string of the molecule is COc1ccc(NC(=O)C[C@H]2SC(=NC[C@@H]3CCCO3)NC2=O)cc1OC. The van der Waals surface area contributed by atoms with Crippen LogP contribution in [0, 0.1) is 0 Å². The van der Waals surface area contributed by atoms with Gasteiger partial charge in [0.25, 0.3) is 0 Å². The Bertz CT molecular complexity index is 734. The van der Waals surface area contributed by atoms with Crippen LogP contribution in [0.25, 0.3) is 0 Å². The van der Waals surface area contributed by atoms with E-state index in [9.17, 15) is 9.59 Å². The van der Waals surface area contributed by atoms with Gasteiger partial charge in [-0.25, -0.2) is 0 Å². The Labute approximate surface area is 162 Å². The van der Waals surface area contributed by atoms with Gasteiger partial charge >= 0.3 is 0 Å². The summed E-state index contributed by atoms with van der Waals surface area (Å²) < 4.78 is 15.9. The number of carbonyl (C=O) groups is 2. The van der Waals surface area contributed by atoms with Gasteiger partial charge in [-0.05, 0) is 25.0 Å². The molecule has 3 rings (SSSR count). The number of hydrogen-bond donors (Lipinski definition) is 2. The highest BCUT2D eigenvalue weighted by atomic mass is 32.2. The summed E-state index contributed by atoms with van der Waals surface area (Å²) in [7, 11) is 3.07. The van der Waals surface area contributed by atoms with Crippen LogP contribution in [0.1, 0.15) is 19.3 Å². The summed E-state index contributed by atoms with van der Waals surface area (Å²) in [5.74, 6) is 0.643. The number of amides is 2. The number of hydrogen-bond acceptors (Lipinski definition) is 7. The molecule has 0 spiro atoms. The van der Waals surface area contributed by atoms with Crippen molar-refractivity contribution in [3.05, 3.63) is 18.2 Å². The number of thioether (sulfide) groups is 1. The number of benzene rings is 1. The zero-order valence-corrected chi connectivity index (χ0v) is 16.1. The Kier molecular flexibility index (Phi) is 6.57. The van der Waals surface area contributed by atoms with Crippen molar-refractivity contribution < 1.29 is 23.8 Å². The third-order valence-electron chi connectivity index (χ3n) is 4.28. The lowest BCUT2D eigenvalue weighted by atomic mass is 10.2. The van der Waals surface area contributed by atoms with Crippen LogP contribution < -0.4 is 20.1 Å². The van der Waals surface area contributed by atoms with Gasteiger partial charge in [0.15, 0.2) is 16.7 Å². The Morgan fingerprint density at radius 1 is 1.37 bits per heavy atom. The minimum absolute atomic E-state index is 0.0593. The van der Waals surface area contributed by atoms with Gasteiger partial charge in [0.05, 0.1) is 26.9 Å². The topological polar surface area (TPSA) is 98.3 Å². The molecule has 8 nitrogen and oxygen atoms in total. The molecule has 2 aliphatic rings. The van der Waals surface area contributed by atoms with Crippen molar-refractivity contribution in [3.63, 3.8) is 0 Å². The fourth-order valence-electron chi connectivity index (χ4n) is 2.88. The van der Waals surface area contributed by atoms with Crippen LogP contribution >= 0.6 is 11.8 Å². The van der Waals surface area contributed by atoms with E-state index in [4.69, 9.17) is 14.2 Å². The maximum atomic E-state index is 12.3. The molecule has 2 atom stereocenters. The van der Waals surface area contributed by atoms with E-state index in [0.29, 0.717) is 28.9 Å². The minimum atomic E-state index is -0.492. The zero-order chi connectivity index (χ0) is 19.2. The predicted molar refractivity (Wildman–Crippen MR) is 104 cm³/mol. The maximum absolute atomic E-state index is 12.3. The number of rotatable bonds is 7.